The van der Waals surface area contributed by atoms with E-state index in [2.05, 4.69) is 5.32 Å². The van der Waals surface area contributed by atoms with Gasteiger partial charge >= 0.3 is 0 Å². The van der Waals surface area contributed by atoms with Crippen LogP contribution in [0, 0.1) is 0 Å². The third kappa shape index (κ3) is 2.19. The molecule has 2 aromatic heterocycles. The molecule has 2 aromatic rings. The Hall–Kier alpha value is -1.19. The van der Waals surface area contributed by atoms with Gasteiger partial charge in [0.1, 0.15) is 5.76 Å². The van der Waals surface area contributed by atoms with E-state index in [1.54, 1.807) is 12.5 Å². The van der Waals surface area contributed by atoms with Crippen molar-refractivity contribution in [2.75, 3.05) is 0 Å². The van der Waals surface area contributed by atoms with E-state index in [0.29, 0.717) is 18.3 Å². The average Bonchev–Trinajstić information content (AvgIpc) is 2.78. The number of rotatable bonds is 4. The second kappa shape index (κ2) is 4.35. The maximum absolute atomic E-state index is 5.77. The number of halogens is 1. The summed E-state index contributed by atoms with van der Waals surface area (Å²) in [6.45, 7) is 1.37. The van der Waals surface area contributed by atoms with E-state index < -0.39 is 0 Å². The quantitative estimate of drug-likeness (QED) is 0.845. The van der Waals surface area contributed by atoms with Crippen LogP contribution in [-0.2, 0) is 13.1 Å². The highest BCUT2D eigenvalue weighted by Crippen LogP contribution is 2.16. The molecule has 1 N–H and O–H groups in total. The molecule has 0 radical (unpaired) electrons. The molecule has 0 fully saturated rings. The first-order chi connectivity index (χ1) is 6.86. The Balaban J connectivity index is 1.81. The predicted molar refractivity (Wildman–Crippen MR) is 53.0 cm³/mol. The first-order valence-corrected chi connectivity index (χ1v) is 4.69. The van der Waals surface area contributed by atoms with E-state index in [4.69, 9.17) is 20.4 Å². The smallest absolute Gasteiger partial charge is 0.197 e. The summed E-state index contributed by atoms with van der Waals surface area (Å²) in [6.07, 6.45) is 3.23. The van der Waals surface area contributed by atoms with Crippen molar-refractivity contribution in [3.63, 3.8) is 0 Å². The lowest BCUT2D eigenvalue weighted by Gasteiger charge is -1.99. The Morgan fingerprint density at radius 1 is 1.14 bits per heavy atom. The normalized spacial score (nSPS) is 10.6. The Bertz CT molecular complexity index is 380. The lowest BCUT2D eigenvalue weighted by atomic mass is 10.3. The van der Waals surface area contributed by atoms with Crippen LogP contribution in [0.2, 0.25) is 5.22 Å². The van der Waals surface area contributed by atoms with Crippen molar-refractivity contribution in [2.24, 2.45) is 0 Å². The Morgan fingerprint density at radius 2 is 2.07 bits per heavy atom. The Labute approximate surface area is 86.7 Å². The van der Waals surface area contributed by atoms with Crippen molar-refractivity contribution >= 4 is 11.6 Å². The first-order valence-electron chi connectivity index (χ1n) is 4.31. The zero-order valence-electron chi connectivity index (χ0n) is 7.50. The molecule has 0 aliphatic heterocycles. The lowest BCUT2D eigenvalue weighted by molar-refractivity contribution is 0.482. The molecule has 0 spiro atoms. The highest BCUT2D eigenvalue weighted by molar-refractivity contribution is 6.29. The zero-order chi connectivity index (χ0) is 9.80. The topological polar surface area (TPSA) is 38.3 Å². The molecule has 0 saturated heterocycles. The van der Waals surface area contributed by atoms with Crippen LogP contribution in [0.1, 0.15) is 11.3 Å². The van der Waals surface area contributed by atoms with Crippen LogP contribution in [0.25, 0.3) is 0 Å². The van der Waals surface area contributed by atoms with E-state index in [9.17, 15) is 0 Å². The van der Waals surface area contributed by atoms with E-state index in [1.807, 2.05) is 18.2 Å². The summed E-state index contributed by atoms with van der Waals surface area (Å²) < 4.78 is 10.1. The number of hydrogen-bond acceptors (Lipinski definition) is 3. The maximum atomic E-state index is 5.77. The van der Waals surface area contributed by atoms with Crippen LogP contribution in [0.15, 0.2) is 39.6 Å². The summed E-state index contributed by atoms with van der Waals surface area (Å²) in [5.74, 6) is 0.907. The van der Waals surface area contributed by atoms with Gasteiger partial charge in [-0.05, 0) is 29.8 Å². The fraction of sp³-hybridized carbons (Fsp3) is 0.200. The Morgan fingerprint density at radius 3 is 2.71 bits per heavy atom. The molecule has 0 aromatic carbocycles. The average molecular weight is 212 g/mol. The van der Waals surface area contributed by atoms with E-state index in [-0.39, 0.29) is 0 Å². The van der Waals surface area contributed by atoms with Crippen molar-refractivity contribution in [3.8, 4) is 0 Å². The molecule has 3 nitrogen and oxygen atoms in total. The SMILES string of the molecule is Clc1occc1CNCc1ccco1. The molecule has 2 heterocycles. The monoisotopic (exact) mass is 211 g/mol. The number of nitrogens with one attached hydrogen (secondary N) is 1. The van der Waals surface area contributed by atoms with Crippen molar-refractivity contribution in [1.82, 2.24) is 5.32 Å². The molecule has 74 valence electrons. The van der Waals surface area contributed by atoms with Crippen LogP contribution in [0.5, 0.6) is 0 Å². The molecule has 14 heavy (non-hydrogen) atoms. The van der Waals surface area contributed by atoms with Crippen LogP contribution >= 0.6 is 11.6 Å². The van der Waals surface area contributed by atoms with Gasteiger partial charge in [-0.1, -0.05) is 0 Å². The van der Waals surface area contributed by atoms with Gasteiger partial charge in [-0.2, -0.15) is 0 Å². The molecular formula is C10H10ClNO2. The fourth-order valence-electron chi connectivity index (χ4n) is 1.18. The number of hydrogen-bond donors (Lipinski definition) is 1. The second-order valence-corrected chi connectivity index (χ2v) is 3.25. The molecule has 4 heteroatoms. The molecule has 0 aliphatic rings. The van der Waals surface area contributed by atoms with E-state index >= 15 is 0 Å². The molecule has 0 aliphatic carbocycles. The van der Waals surface area contributed by atoms with E-state index in [1.165, 1.54) is 0 Å². The summed E-state index contributed by atoms with van der Waals surface area (Å²) in [6, 6.07) is 5.63. The summed E-state index contributed by atoms with van der Waals surface area (Å²) in [5.41, 5.74) is 0.957. The highest BCUT2D eigenvalue weighted by Gasteiger charge is 2.02. The minimum Gasteiger partial charge on any atom is -0.468 e. The van der Waals surface area contributed by atoms with Crippen molar-refractivity contribution in [1.29, 1.82) is 0 Å². The molecule has 2 rings (SSSR count). The van der Waals surface area contributed by atoms with Gasteiger partial charge in [-0.3, -0.25) is 0 Å². The van der Waals surface area contributed by atoms with Crippen molar-refractivity contribution in [2.45, 2.75) is 13.1 Å². The Kier molecular flexibility index (Phi) is 2.91. The summed E-state index contributed by atoms with van der Waals surface area (Å²) in [5, 5.41) is 3.63. The van der Waals surface area contributed by atoms with Gasteiger partial charge < -0.3 is 14.2 Å². The van der Waals surface area contributed by atoms with Crippen LogP contribution in [0.4, 0.5) is 0 Å². The summed E-state index contributed by atoms with van der Waals surface area (Å²) >= 11 is 5.77. The van der Waals surface area contributed by atoms with Gasteiger partial charge in [0, 0.05) is 12.1 Å². The molecule has 0 atom stereocenters. The van der Waals surface area contributed by atoms with Gasteiger partial charge in [0.2, 0.25) is 0 Å². The van der Waals surface area contributed by atoms with Gasteiger partial charge in [-0.15, -0.1) is 0 Å². The van der Waals surface area contributed by atoms with Crippen molar-refractivity contribution < 1.29 is 8.83 Å². The zero-order valence-corrected chi connectivity index (χ0v) is 8.25. The lowest BCUT2D eigenvalue weighted by Crippen LogP contribution is -2.11. The largest absolute Gasteiger partial charge is 0.468 e. The summed E-state index contributed by atoms with van der Waals surface area (Å²) in [7, 11) is 0. The predicted octanol–water partition coefficient (Wildman–Crippen LogP) is 2.82. The van der Waals surface area contributed by atoms with Crippen LogP contribution in [0.3, 0.4) is 0 Å². The number of furan rings is 2. The summed E-state index contributed by atoms with van der Waals surface area (Å²) in [4.78, 5) is 0. The molecular weight excluding hydrogens is 202 g/mol. The van der Waals surface area contributed by atoms with Crippen LogP contribution in [-0.4, -0.2) is 0 Å². The van der Waals surface area contributed by atoms with Gasteiger partial charge in [-0.25, -0.2) is 0 Å². The van der Waals surface area contributed by atoms with Crippen molar-refractivity contribution in [3.05, 3.63) is 47.3 Å². The molecule has 0 saturated carbocycles. The van der Waals surface area contributed by atoms with Gasteiger partial charge in [0.25, 0.3) is 0 Å². The highest BCUT2D eigenvalue weighted by atomic mass is 35.5. The molecule has 0 amide bonds. The molecule has 0 bridgehead atoms. The minimum absolute atomic E-state index is 0.442. The third-order valence-electron chi connectivity index (χ3n) is 1.89. The van der Waals surface area contributed by atoms with Gasteiger partial charge in [0.05, 0.1) is 19.1 Å². The fourth-order valence-corrected chi connectivity index (χ4v) is 1.36. The standard InChI is InChI=1S/C10H10ClNO2/c11-10-8(3-5-14-10)6-12-7-9-2-1-4-13-9/h1-5,12H,6-7H2. The molecule has 0 unspecified atom stereocenters. The first kappa shape index (κ1) is 9.37. The minimum atomic E-state index is 0.442. The third-order valence-corrected chi connectivity index (χ3v) is 2.22. The maximum Gasteiger partial charge on any atom is 0.197 e. The van der Waals surface area contributed by atoms with E-state index in [0.717, 1.165) is 11.3 Å². The second-order valence-electron chi connectivity index (χ2n) is 2.90. The van der Waals surface area contributed by atoms with Crippen LogP contribution < -0.4 is 5.32 Å². The van der Waals surface area contributed by atoms with Gasteiger partial charge in [0.15, 0.2) is 5.22 Å².